The number of esters is 1. The van der Waals surface area contributed by atoms with Gasteiger partial charge in [0.05, 0.1) is 26.8 Å². The lowest BCUT2D eigenvalue weighted by molar-refractivity contribution is -0.141. The van der Waals surface area contributed by atoms with E-state index in [1.165, 1.54) is 7.11 Å². The van der Waals surface area contributed by atoms with E-state index in [0.717, 1.165) is 22.2 Å². The summed E-state index contributed by atoms with van der Waals surface area (Å²) in [5, 5.41) is 5.54. The highest BCUT2D eigenvalue weighted by molar-refractivity contribution is 5.94. The third kappa shape index (κ3) is 2.90. The summed E-state index contributed by atoms with van der Waals surface area (Å²) in [6.45, 7) is 0.0537. The van der Waals surface area contributed by atoms with Crippen LogP contribution in [0.1, 0.15) is 0 Å². The maximum Gasteiger partial charge on any atom is 0.327 e. The monoisotopic (exact) mass is 326 g/mol. The zero-order valence-electron chi connectivity index (χ0n) is 13.8. The molecule has 1 aromatic heterocycles. The molecule has 24 heavy (non-hydrogen) atoms. The molecule has 124 valence electrons. The predicted molar refractivity (Wildman–Crippen MR) is 90.3 cm³/mol. The summed E-state index contributed by atoms with van der Waals surface area (Å²) in [4.78, 5) is 11.6. The Morgan fingerprint density at radius 2 is 1.71 bits per heavy atom. The number of methoxy groups -OCH3 is 3. The van der Waals surface area contributed by atoms with Crippen molar-refractivity contribution in [3.63, 3.8) is 0 Å². The Bertz CT molecular complexity index is 864. The summed E-state index contributed by atoms with van der Waals surface area (Å²) in [6.07, 6.45) is 0. The van der Waals surface area contributed by atoms with Crippen LogP contribution in [0.2, 0.25) is 0 Å². The number of ether oxygens (including phenoxy) is 3. The molecule has 0 aliphatic rings. The Hall–Kier alpha value is -3.02. The van der Waals surface area contributed by atoms with Crippen LogP contribution in [0.25, 0.3) is 22.2 Å². The second-order valence-electron chi connectivity index (χ2n) is 5.20. The number of nitrogens with zero attached hydrogens (tertiary/aromatic N) is 2. The van der Waals surface area contributed by atoms with Gasteiger partial charge in [0.1, 0.15) is 23.7 Å². The molecule has 0 radical (unpaired) electrons. The third-order valence-electron chi connectivity index (χ3n) is 3.79. The van der Waals surface area contributed by atoms with E-state index in [-0.39, 0.29) is 12.5 Å². The maximum absolute atomic E-state index is 11.6. The van der Waals surface area contributed by atoms with E-state index in [4.69, 9.17) is 14.2 Å². The molecule has 0 saturated heterocycles. The van der Waals surface area contributed by atoms with Gasteiger partial charge >= 0.3 is 5.97 Å². The number of hydrogen-bond acceptors (Lipinski definition) is 5. The molecule has 0 saturated carbocycles. The first-order valence-electron chi connectivity index (χ1n) is 7.42. The fraction of sp³-hybridized carbons (Fsp3) is 0.222. The van der Waals surface area contributed by atoms with E-state index in [0.29, 0.717) is 11.5 Å². The number of hydrogen-bond donors (Lipinski definition) is 0. The van der Waals surface area contributed by atoms with Crippen molar-refractivity contribution in [1.82, 2.24) is 9.78 Å². The smallest absolute Gasteiger partial charge is 0.327 e. The second kappa shape index (κ2) is 6.62. The summed E-state index contributed by atoms with van der Waals surface area (Å²) < 4.78 is 17.1. The Labute approximate surface area is 139 Å². The van der Waals surface area contributed by atoms with Crippen LogP contribution in [-0.4, -0.2) is 37.1 Å². The molecule has 0 amide bonds. The maximum atomic E-state index is 11.6. The molecule has 6 nitrogen and oxygen atoms in total. The van der Waals surface area contributed by atoms with Crippen molar-refractivity contribution in [1.29, 1.82) is 0 Å². The lowest BCUT2D eigenvalue weighted by atomic mass is 10.1. The quantitative estimate of drug-likeness (QED) is 0.675. The Kier molecular flexibility index (Phi) is 4.37. The molecule has 0 unspecified atom stereocenters. The first kappa shape index (κ1) is 15.9. The standard InChI is InChI=1S/C18H18N2O4/c1-22-13-8-12(9-14(10-13)23-2)18-15-6-4-5-7-16(15)20(19-18)11-17(21)24-3/h4-10H,11H2,1-3H3. The van der Waals surface area contributed by atoms with Gasteiger partial charge in [-0.1, -0.05) is 18.2 Å². The topological polar surface area (TPSA) is 62.6 Å². The van der Waals surface area contributed by atoms with E-state index in [1.54, 1.807) is 25.0 Å². The van der Waals surface area contributed by atoms with Gasteiger partial charge in [0.2, 0.25) is 0 Å². The number of rotatable bonds is 5. The van der Waals surface area contributed by atoms with Crippen LogP contribution in [0.15, 0.2) is 42.5 Å². The molecule has 3 rings (SSSR count). The van der Waals surface area contributed by atoms with E-state index in [2.05, 4.69) is 5.10 Å². The van der Waals surface area contributed by atoms with Crippen molar-refractivity contribution >= 4 is 16.9 Å². The van der Waals surface area contributed by atoms with Gasteiger partial charge in [-0.3, -0.25) is 9.48 Å². The minimum atomic E-state index is -0.349. The molecular formula is C18H18N2O4. The Balaban J connectivity index is 2.18. The number of benzene rings is 2. The summed E-state index contributed by atoms with van der Waals surface area (Å²) in [5.41, 5.74) is 2.47. The first-order chi connectivity index (χ1) is 11.7. The summed E-state index contributed by atoms with van der Waals surface area (Å²) in [7, 11) is 4.57. The van der Waals surface area contributed by atoms with Gasteiger partial charge in [-0.2, -0.15) is 5.10 Å². The highest BCUT2D eigenvalue weighted by Gasteiger charge is 2.15. The van der Waals surface area contributed by atoms with Crippen LogP contribution in [0.4, 0.5) is 0 Å². The molecule has 1 heterocycles. The van der Waals surface area contributed by atoms with Crippen LogP contribution >= 0.6 is 0 Å². The lowest BCUT2D eigenvalue weighted by Crippen LogP contribution is -2.12. The molecular weight excluding hydrogens is 308 g/mol. The number of fused-ring (bicyclic) bond motifs is 1. The van der Waals surface area contributed by atoms with Gasteiger partial charge in [0, 0.05) is 17.0 Å². The average Bonchev–Trinajstić information content (AvgIpc) is 2.99. The molecule has 0 aliphatic carbocycles. The normalized spacial score (nSPS) is 10.6. The lowest BCUT2D eigenvalue weighted by Gasteiger charge is -2.07. The zero-order valence-corrected chi connectivity index (χ0v) is 13.8. The molecule has 6 heteroatoms. The number of para-hydroxylation sites is 1. The molecule has 0 aliphatic heterocycles. The van der Waals surface area contributed by atoms with Crippen LogP contribution in [0.3, 0.4) is 0 Å². The van der Waals surface area contributed by atoms with Gasteiger partial charge in [0.15, 0.2) is 0 Å². The Morgan fingerprint density at radius 3 is 2.33 bits per heavy atom. The van der Waals surface area contributed by atoms with Gasteiger partial charge in [-0.05, 0) is 18.2 Å². The van der Waals surface area contributed by atoms with Crippen LogP contribution in [0.5, 0.6) is 11.5 Å². The highest BCUT2D eigenvalue weighted by atomic mass is 16.5. The van der Waals surface area contributed by atoms with Gasteiger partial charge in [0.25, 0.3) is 0 Å². The molecule has 0 N–H and O–H groups in total. The van der Waals surface area contributed by atoms with Crippen molar-refractivity contribution in [3.8, 4) is 22.8 Å². The van der Waals surface area contributed by atoms with E-state index >= 15 is 0 Å². The van der Waals surface area contributed by atoms with Crippen LogP contribution in [-0.2, 0) is 16.1 Å². The van der Waals surface area contributed by atoms with E-state index in [1.807, 2.05) is 36.4 Å². The fourth-order valence-corrected chi connectivity index (χ4v) is 2.59. The summed E-state index contributed by atoms with van der Waals surface area (Å²) in [5.74, 6) is 1.00. The third-order valence-corrected chi connectivity index (χ3v) is 3.79. The van der Waals surface area contributed by atoms with Crippen LogP contribution in [0, 0.1) is 0 Å². The molecule has 2 aromatic carbocycles. The average molecular weight is 326 g/mol. The zero-order chi connectivity index (χ0) is 17.1. The van der Waals surface area contributed by atoms with Crippen molar-refractivity contribution in [3.05, 3.63) is 42.5 Å². The molecule has 0 atom stereocenters. The number of carbonyl (C=O) groups excluding carboxylic acids is 1. The minimum Gasteiger partial charge on any atom is -0.497 e. The number of carbonyl (C=O) groups is 1. The van der Waals surface area contributed by atoms with Gasteiger partial charge in [-0.15, -0.1) is 0 Å². The minimum absolute atomic E-state index is 0.0537. The van der Waals surface area contributed by atoms with Crippen molar-refractivity contribution in [2.45, 2.75) is 6.54 Å². The first-order valence-corrected chi connectivity index (χ1v) is 7.42. The predicted octanol–water partition coefficient (Wildman–Crippen LogP) is 2.89. The van der Waals surface area contributed by atoms with Crippen LogP contribution < -0.4 is 9.47 Å². The highest BCUT2D eigenvalue weighted by Crippen LogP contribution is 2.33. The fourth-order valence-electron chi connectivity index (χ4n) is 2.59. The largest absolute Gasteiger partial charge is 0.497 e. The van der Waals surface area contributed by atoms with Gasteiger partial charge in [-0.25, -0.2) is 0 Å². The molecule has 0 spiro atoms. The van der Waals surface area contributed by atoms with Gasteiger partial charge < -0.3 is 14.2 Å². The molecule has 0 bridgehead atoms. The number of aromatic nitrogens is 2. The summed E-state index contributed by atoms with van der Waals surface area (Å²) >= 11 is 0. The Morgan fingerprint density at radius 1 is 1.04 bits per heavy atom. The van der Waals surface area contributed by atoms with Crippen molar-refractivity contribution in [2.75, 3.05) is 21.3 Å². The molecule has 3 aromatic rings. The van der Waals surface area contributed by atoms with Crippen molar-refractivity contribution in [2.24, 2.45) is 0 Å². The summed E-state index contributed by atoms with van der Waals surface area (Å²) in [6, 6.07) is 13.3. The van der Waals surface area contributed by atoms with E-state index < -0.39 is 0 Å². The SMILES string of the molecule is COC(=O)Cn1nc(-c2cc(OC)cc(OC)c2)c2ccccc21. The molecule has 0 fully saturated rings. The van der Waals surface area contributed by atoms with E-state index in [9.17, 15) is 4.79 Å². The van der Waals surface area contributed by atoms with Crippen molar-refractivity contribution < 1.29 is 19.0 Å². The second-order valence-corrected chi connectivity index (χ2v) is 5.20.